The van der Waals surface area contributed by atoms with E-state index in [0.29, 0.717) is 42.7 Å². The second kappa shape index (κ2) is 8.52. The van der Waals surface area contributed by atoms with Crippen LogP contribution in [0.3, 0.4) is 0 Å². The molecule has 7 rings (SSSR count). The molecule has 1 aliphatic carbocycles. The van der Waals surface area contributed by atoms with Gasteiger partial charge in [0, 0.05) is 19.3 Å². The van der Waals surface area contributed by atoms with Gasteiger partial charge in [-0.15, -0.1) is 0 Å². The van der Waals surface area contributed by atoms with Gasteiger partial charge in [0.25, 0.3) is 0 Å². The van der Waals surface area contributed by atoms with Crippen LogP contribution in [0.4, 0.5) is 15.0 Å². The number of piperidine rings is 1. The monoisotopic (exact) mass is 544 g/mol. The van der Waals surface area contributed by atoms with Crippen molar-refractivity contribution in [2.75, 3.05) is 37.7 Å². The predicted molar refractivity (Wildman–Crippen MR) is 140 cm³/mol. The zero-order valence-corrected chi connectivity index (χ0v) is 22.9. The summed E-state index contributed by atoms with van der Waals surface area (Å²) in [6.07, 6.45) is 6.93. The zero-order chi connectivity index (χ0) is 26.4. The fourth-order valence-corrected chi connectivity index (χ4v) is 7.61. The van der Waals surface area contributed by atoms with Crippen molar-refractivity contribution < 1.29 is 18.7 Å². The first-order valence-electron chi connectivity index (χ1n) is 13.8. The number of aromatic nitrogens is 3. The summed E-state index contributed by atoms with van der Waals surface area (Å²) in [5.41, 5.74) is -0.417. The third kappa shape index (κ3) is 3.89. The lowest BCUT2D eigenvalue weighted by atomic mass is 9.95. The van der Waals surface area contributed by atoms with E-state index in [2.05, 4.69) is 19.8 Å². The van der Waals surface area contributed by atoms with Gasteiger partial charge in [-0.3, -0.25) is 9.80 Å². The van der Waals surface area contributed by atoms with Gasteiger partial charge in [0.2, 0.25) is 0 Å². The highest BCUT2D eigenvalue weighted by Gasteiger charge is 2.63. The van der Waals surface area contributed by atoms with E-state index < -0.39 is 11.4 Å². The average Bonchev–Trinajstić information content (AvgIpc) is 3.34. The summed E-state index contributed by atoms with van der Waals surface area (Å²) in [5, 5.41) is 0.278. The summed E-state index contributed by atoms with van der Waals surface area (Å²) in [7, 11) is 0. The molecule has 0 unspecified atom stereocenters. The number of ether oxygens (including phenoxy) is 2. The van der Waals surface area contributed by atoms with Crippen molar-refractivity contribution in [3.05, 3.63) is 17.2 Å². The van der Waals surface area contributed by atoms with Crippen molar-refractivity contribution in [3.8, 4) is 6.01 Å². The van der Waals surface area contributed by atoms with Gasteiger partial charge in [0.15, 0.2) is 11.0 Å². The van der Waals surface area contributed by atoms with Crippen LogP contribution in [-0.2, 0) is 4.74 Å². The van der Waals surface area contributed by atoms with Gasteiger partial charge in [-0.2, -0.15) is 9.97 Å². The summed E-state index contributed by atoms with van der Waals surface area (Å²) in [6, 6.07) is 0.212. The van der Waals surface area contributed by atoms with E-state index in [0.717, 1.165) is 45.2 Å². The molecule has 1 saturated carbocycles. The van der Waals surface area contributed by atoms with E-state index in [-0.39, 0.29) is 40.4 Å². The molecule has 4 aliphatic heterocycles. The molecule has 9 nitrogen and oxygen atoms in total. The molecule has 0 aromatic carbocycles. The Labute approximate surface area is 226 Å². The maximum atomic E-state index is 15.2. The number of carbonyl (C=O) groups excluding carboxylic acids is 1. The molecule has 2 bridgehead atoms. The highest BCUT2D eigenvalue weighted by molar-refractivity contribution is 6.30. The number of rotatable bonds is 4. The second-order valence-electron chi connectivity index (χ2n) is 12.7. The first-order valence-corrected chi connectivity index (χ1v) is 14.2. The maximum Gasteiger partial charge on any atom is 0.410 e. The first kappa shape index (κ1) is 24.6. The standard InChI is InChI=1S/C27H34ClFN6O3/c1-26(2,3)38-25(36)35-18-12-33(13-19(35)16-10-15(16)18)23-17-11-30-22(28)20(29)21(17)31-24(32-23)37-14-27-6-4-8-34(27)9-5-7-27/h11,15-16,18-19H,4-10,12-14H2,1-3H3/t15-,16+,18-,19+. The average molecular weight is 545 g/mol. The van der Waals surface area contributed by atoms with Gasteiger partial charge in [0.1, 0.15) is 23.5 Å². The number of piperazine rings is 1. The number of nitrogens with zero attached hydrogens (tertiary/aromatic N) is 6. The van der Waals surface area contributed by atoms with Crippen LogP contribution >= 0.6 is 11.6 Å². The number of pyridine rings is 1. The third-order valence-corrected chi connectivity index (χ3v) is 9.46. The summed E-state index contributed by atoms with van der Waals surface area (Å²) < 4.78 is 27.2. The lowest BCUT2D eigenvalue weighted by Gasteiger charge is -2.44. The molecule has 0 radical (unpaired) electrons. The van der Waals surface area contributed by atoms with Crippen LogP contribution in [0.2, 0.25) is 5.15 Å². The number of anilines is 1. The smallest absolute Gasteiger partial charge is 0.410 e. The van der Waals surface area contributed by atoms with Crippen LogP contribution < -0.4 is 9.64 Å². The van der Waals surface area contributed by atoms with Crippen LogP contribution in [-0.4, -0.2) is 86.9 Å². The van der Waals surface area contributed by atoms with Gasteiger partial charge in [0.05, 0.1) is 23.0 Å². The highest BCUT2D eigenvalue weighted by Crippen LogP contribution is 2.56. The first-order chi connectivity index (χ1) is 18.1. The van der Waals surface area contributed by atoms with Crippen molar-refractivity contribution >= 4 is 34.4 Å². The number of hydrogen-bond acceptors (Lipinski definition) is 8. The molecule has 6 heterocycles. The lowest BCUT2D eigenvalue weighted by molar-refractivity contribution is 0.00676. The fraction of sp³-hybridized carbons (Fsp3) is 0.704. The highest BCUT2D eigenvalue weighted by atomic mass is 35.5. The molecule has 5 aliphatic rings. The molecule has 1 amide bonds. The van der Waals surface area contributed by atoms with E-state index in [1.54, 1.807) is 0 Å². The van der Waals surface area contributed by atoms with Gasteiger partial charge in [-0.1, -0.05) is 11.6 Å². The zero-order valence-electron chi connectivity index (χ0n) is 22.1. The summed E-state index contributed by atoms with van der Waals surface area (Å²) >= 11 is 6.05. The van der Waals surface area contributed by atoms with E-state index in [1.807, 2.05) is 25.7 Å². The van der Waals surface area contributed by atoms with Crippen LogP contribution in [0.15, 0.2) is 6.20 Å². The van der Waals surface area contributed by atoms with Gasteiger partial charge in [-0.05, 0) is 77.8 Å². The van der Waals surface area contributed by atoms with E-state index in [4.69, 9.17) is 26.1 Å². The van der Waals surface area contributed by atoms with Gasteiger partial charge < -0.3 is 14.4 Å². The van der Waals surface area contributed by atoms with Crippen LogP contribution in [0, 0.1) is 17.7 Å². The summed E-state index contributed by atoms with van der Waals surface area (Å²) in [5.74, 6) is 0.832. The van der Waals surface area contributed by atoms with Gasteiger partial charge >= 0.3 is 12.1 Å². The van der Waals surface area contributed by atoms with E-state index in [9.17, 15) is 4.79 Å². The Hall–Kier alpha value is -2.46. The molecule has 11 heteroatoms. The topological polar surface area (TPSA) is 83.9 Å². The summed E-state index contributed by atoms with van der Waals surface area (Å²) in [4.78, 5) is 33.0. The van der Waals surface area contributed by atoms with Crippen molar-refractivity contribution in [2.45, 2.75) is 76.1 Å². The van der Waals surface area contributed by atoms with Crippen molar-refractivity contribution in [1.29, 1.82) is 0 Å². The predicted octanol–water partition coefficient (Wildman–Crippen LogP) is 4.27. The normalized spacial score (nSPS) is 29.5. The Morgan fingerprint density at radius 1 is 1.16 bits per heavy atom. The molecule has 0 N–H and O–H groups in total. The molecule has 2 aromatic heterocycles. The Morgan fingerprint density at radius 3 is 2.50 bits per heavy atom. The number of fused-ring (bicyclic) bond motifs is 7. The summed E-state index contributed by atoms with van der Waals surface area (Å²) in [6.45, 7) is 9.52. The minimum Gasteiger partial charge on any atom is -0.461 e. The van der Waals surface area contributed by atoms with Crippen LogP contribution in [0.5, 0.6) is 6.01 Å². The minimum atomic E-state index is -0.669. The molecule has 4 saturated heterocycles. The molecular formula is C27H34ClFN6O3. The molecular weight excluding hydrogens is 511 g/mol. The Balaban J connectivity index is 1.20. The molecule has 4 atom stereocenters. The Morgan fingerprint density at radius 2 is 1.84 bits per heavy atom. The van der Waals surface area contributed by atoms with Crippen LogP contribution in [0.1, 0.15) is 52.9 Å². The fourth-order valence-electron chi connectivity index (χ4n) is 7.48. The molecule has 2 aromatic rings. The Kier molecular flexibility index (Phi) is 5.51. The molecule has 204 valence electrons. The SMILES string of the molecule is CC(C)(C)OC(=O)N1[C@@H]2CN(c3nc(OCC45CCCN4CCC5)nc4c(F)c(Cl)ncc34)C[C@H]1[C@H]1C[C@H]12. The lowest BCUT2D eigenvalue weighted by Crippen LogP contribution is -2.59. The minimum absolute atomic E-state index is 0.0202. The molecule has 0 spiro atoms. The van der Waals surface area contributed by atoms with E-state index >= 15 is 4.39 Å². The Bertz CT molecular complexity index is 1280. The van der Waals surface area contributed by atoms with Crippen molar-refractivity contribution in [2.24, 2.45) is 11.8 Å². The van der Waals surface area contributed by atoms with E-state index in [1.165, 1.54) is 6.20 Å². The molecule has 38 heavy (non-hydrogen) atoms. The van der Waals surface area contributed by atoms with Gasteiger partial charge in [-0.25, -0.2) is 14.2 Å². The quantitative estimate of drug-likeness (QED) is 0.528. The van der Waals surface area contributed by atoms with Crippen molar-refractivity contribution in [1.82, 2.24) is 24.8 Å². The number of hydrogen-bond donors (Lipinski definition) is 0. The van der Waals surface area contributed by atoms with Crippen LogP contribution in [0.25, 0.3) is 10.9 Å². The third-order valence-electron chi connectivity index (χ3n) is 9.20. The number of amides is 1. The molecule has 5 fully saturated rings. The number of halogens is 2. The van der Waals surface area contributed by atoms with Crippen molar-refractivity contribution in [3.63, 3.8) is 0 Å². The maximum absolute atomic E-state index is 15.2. The number of carbonyl (C=O) groups is 1. The largest absolute Gasteiger partial charge is 0.461 e. The second-order valence-corrected chi connectivity index (χ2v) is 13.0.